The van der Waals surface area contributed by atoms with Crippen LogP contribution in [-0.2, 0) is 6.42 Å². The maximum atomic E-state index is 7.13. The van der Waals surface area contributed by atoms with Crippen LogP contribution in [0.2, 0.25) is 0 Å². The fraction of sp³-hybridized carbons (Fsp3) is 0.0204. The summed E-state index contributed by atoms with van der Waals surface area (Å²) in [5.74, 6) is 1.44. The van der Waals surface area contributed by atoms with Crippen LogP contribution in [0.3, 0.4) is 0 Å². The van der Waals surface area contributed by atoms with Gasteiger partial charge in [0.1, 0.15) is 22.6 Å². The van der Waals surface area contributed by atoms with Crippen molar-refractivity contribution in [1.29, 1.82) is 0 Å². The summed E-state index contributed by atoms with van der Waals surface area (Å²) in [5.41, 5.74) is 29.8. The number of pyridine rings is 2. The van der Waals surface area contributed by atoms with Crippen LogP contribution < -0.4 is 0 Å². The van der Waals surface area contributed by atoms with Gasteiger partial charge in [-0.05, 0) is 177 Å². The largest absolute Gasteiger partial charge is 0.452 e. The lowest BCUT2D eigenvalue weighted by atomic mass is 9.85. The van der Waals surface area contributed by atoms with Crippen LogP contribution in [0.4, 0.5) is 0 Å². The van der Waals surface area contributed by atoms with Gasteiger partial charge in [-0.2, -0.15) is 0 Å². The average molecular weight is 1340 g/mol. The number of hydrogen-bond donors (Lipinski definition) is 0. The smallest absolute Gasteiger partial charge is 0.236 e. The molecule has 0 saturated carbocycles. The molecular weight excluding hydrogens is 1280 g/mol. The van der Waals surface area contributed by atoms with E-state index >= 15 is 0 Å². The molecule has 0 N–H and O–H groups in total. The number of rotatable bonds is 9. The molecule has 3 aliphatic carbocycles. The summed E-state index contributed by atoms with van der Waals surface area (Å²) < 4.78 is 11.8. The van der Waals surface area contributed by atoms with Crippen LogP contribution >= 0.6 is 0 Å². The zero-order chi connectivity index (χ0) is 68.5. The van der Waals surface area contributed by atoms with E-state index in [0.717, 1.165) is 135 Å². The third-order valence-corrected chi connectivity index (χ3v) is 22.5. The second-order valence-corrected chi connectivity index (χ2v) is 28.1. The summed E-state index contributed by atoms with van der Waals surface area (Å²) in [4.78, 5) is 22.2. The van der Waals surface area contributed by atoms with Crippen LogP contribution in [-0.4, -0.2) is 29.1 Å². The minimum atomic E-state index is 0.583. The van der Waals surface area contributed by atoms with E-state index in [9.17, 15) is 0 Å². The SMILES string of the molecule is C1=Cc2c(ccc3oc4c(-c5cccc(-c6ccc(C7=C(c8ccccc8)c8cccc9ccc%10c(c89)c8c7cccc8n%10-c7cc8ccc9ccc(-c%10ccccc%10)nc9c8cn7)cc6)c5)nc(-n5c6cccc7c6c6c8c(cccc8ccc65)C(c5ccccc5)=C7c5ccccc5)nc4c23)CC1. The average Bonchev–Trinajstić information content (AvgIpc) is 1.55. The van der Waals surface area contributed by atoms with Gasteiger partial charge < -0.3 is 4.42 Å². The Bertz CT molecular complexity index is 7280. The van der Waals surface area contributed by atoms with Gasteiger partial charge in [0.15, 0.2) is 5.58 Å². The third-order valence-electron chi connectivity index (χ3n) is 22.5. The molecule has 6 heterocycles. The van der Waals surface area contributed by atoms with E-state index in [-0.39, 0.29) is 0 Å². The molecule has 23 rings (SSSR count). The monoisotopic (exact) mass is 1330 g/mol. The molecule has 7 nitrogen and oxygen atoms in total. The van der Waals surface area contributed by atoms with E-state index < -0.39 is 0 Å². The molecule has 0 aliphatic heterocycles. The zero-order valence-corrected chi connectivity index (χ0v) is 56.7. The van der Waals surface area contributed by atoms with Gasteiger partial charge in [-0.25, -0.2) is 19.9 Å². The Morgan fingerprint density at radius 2 is 0.829 bits per heavy atom. The molecule has 0 atom stereocenters. The number of furan rings is 1. The highest BCUT2D eigenvalue weighted by Gasteiger charge is 2.32. The van der Waals surface area contributed by atoms with Crippen molar-refractivity contribution in [3.63, 3.8) is 0 Å². The van der Waals surface area contributed by atoms with Gasteiger partial charge in [-0.1, -0.05) is 273 Å². The number of aryl methyl sites for hydroxylation is 1. The molecule has 0 saturated heterocycles. The topological polar surface area (TPSA) is 74.6 Å². The van der Waals surface area contributed by atoms with E-state index in [0.29, 0.717) is 11.5 Å². The lowest BCUT2D eigenvalue weighted by Crippen LogP contribution is -2.04. The molecule has 486 valence electrons. The maximum absolute atomic E-state index is 7.13. The standard InChI is InChI=1S/C98H58N6O/c1-5-21-59(22-6-1)76-50-46-66-44-45-68-55-82(99-56-75(68)94(66)100-76)103-77-38-18-36-74-86(84(61-25-9-3-10-26-61)72-35-16-29-63-47-51-79(103)92(87(63)72)89(74)77)65-42-40-57(41-43-65)67-31-15-32-69(54-67)95-97-96(91-70-33-14-13-20-58(70)49-53-81(91)105-97)102-98(101-95)104-78-39-19-37-73-85(62-27-11-4-12-28-62)83(60-23-7-2-8-24-60)71-34-17-30-64-48-52-80(104)93(88(64)71)90(73)78/h1-12,14-19,21-56H,13,20H2. The second kappa shape index (κ2) is 22.3. The number of allylic oxidation sites excluding steroid dienone is 1. The van der Waals surface area contributed by atoms with Gasteiger partial charge >= 0.3 is 0 Å². The van der Waals surface area contributed by atoms with Gasteiger partial charge in [-0.3, -0.25) is 9.13 Å². The van der Waals surface area contributed by atoms with Crippen LogP contribution in [0.15, 0.2) is 326 Å². The Morgan fingerprint density at radius 3 is 1.47 bits per heavy atom. The summed E-state index contributed by atoms with van der Waals surface area (Å²) in [7, 11) is 0. The normalized spacial score (nSPS) is 13.3. The molecule has 7 heteroatoms. The first kappa shape index (κ1) is 57.8. The molecule has 3 aliphatic rings. The van der Waals surface area contributed by atoms with Crippen molar-refractivity contribution in [3.8, 4) is 45.4 Å². The predicted octanol–water partition coefficient (Wildman–Crippen LogP) is 24.6. The summed E-state index contributed by atoms with van der Waals surface area (Å²) in [6.45, 7) is 0. The molecule has 0 amide bonds. The van der Waals surface area contributed by atoms with Gasteiger partial charge in [0, 0.05) is 49.6 Å². The Balaban J connectivity index is 0.700. The highest BCUT2D eigenvalue weighted by Crippen LogP contribution is 2.53. The van der Waals surface area contributed by atoms with Crippen LogP contribution in [0.1, 0.15) is 62.1 Å². The number of nitrogens with zero attached hydrogens (tertiary/aromatic N) is 6. The summed E-state index contributed by atoms with van der Waals surface area (Å²) in [5, 5.41) is 13.8. The van der Waals surface area contributed by atoms with Crippen molar-refractivity contribution in [2.24, 2.45) is 0 Å². The van der Waals surface area contributed by atoms with Crippen LogP contribution in [0, 0.1) is 0 Å². The van der Waals surface area contributed by atoms with Crippen molar-refractivity contribution in [1.82, 2.24) is 29.1 Å². The quantitative estimate of drug-likeness (QED) is 0.135. The molecule has 0 fully saturated rings. The van der Waals surface area contributed by atoms with E-state index in [1.807, 2.05) is 12.3 Å². The number of aromatic nitrogens is 6. The van der Waals surface area contributed by atoms with E-state index in [1.54, 1.807) is 0 Å². The second-order valence-electron chi connectivity index (χ2n) is 28.1. The third kappa shape index (κ3) is 8.49. The Labute approximate surface area is 602 Å². The van der Waals surface area contributed by atoms with Crippen molar-refractivity contribution in [2.75, 3.05) is 0 Å². The van der Waals surface area contributed by atoms with Crippen molar-refractivity contribution >= 4 is 137 Å². The van der Waals surface area contributed by atoms with Crippen LogP contribution in [0.5, 0.6) is 0 Å². The minimum Gasteiger partial charge on any atom is -0.452 e. The molecule has 0 spiro atoms. The minimum absolute atomic E-state index is 0.583. The number of fused-ring (bicyclic) bond motifs is 8. The van der Waals surface area contributed by atoms with Gasteiger partial charge in [0.2, 0.25) is 5.95 Å². The molecule has 0 unspecified atom stereocenters. The summed E-state index contributed by atoms with van der Waals surface area (Å²) in [6, 6.07) is 113. The summed E-state index contributed by atoms with van der Waals surface area (Å²) in [6.07, 6.45) is 8.51. The fourth-order valence-corrected chi connectivity index (χ4v) is 18.0. The molecule has 6 aromatic heterocycles. The first-order valence-electron chi connectivity index (χ1n) is 36.1. The molecule has 105 heavy (non-hydrogen) atoms. The highest BCUT2D eigenvalue weighted by molar-refractivity contribution is 6.33. The lowest BCUT2D eigenvalue weighted by molar-refractivity contribution is 0.666. The van der Waals surface area contributed by atoms with Crippen molar-refractivity contribution < 1.29 is 4.42 Å². The van der Waals surface area contributed by atoms with Gasteiger partial charge in [0.05, 0.1) is 38.7 Å². The first-order valence-corrected chi connectivity index (χ1v) is 36.1. The number of benzene rings is 14. The van der Waals surface area contributed by atoms with Crippen LogP contribution in [0.25, 0.3) is 183 Å². The van der Waals surface area contributed by atoms with E-state index in [4.69, 9.17) is 24.4 Å². The Kier molecular flexibility index (Phi) is 12.3. The molecule has 0 radical (unpaired) electrons. The Morgan fingerprint density at radius 1 is 0.324 bits per heavy atom. The zero-order valence-electron chi connectivity index (χ0n) is 56.7. The van der Waals surface area contributed by atoms with Crippen molar-refractivity contribution in [2.45, 2.75) is 12.8 Å². The lowest BCUT2D eigenvalue weighted by Gasteiger charge is -2.19. The maximum Gasteiger partial charge on any atom is 0.236 e. The number of hydrogen-bond acceptors (Lipinski definition) is 5. The molecular formula is C98H58N6O. The highest BCUT2D eigenvalue weighted by atomic mass is 16.3. The van der Waals surface area contributed by atoms with E-state index in [2.05, 4.69) is 325 Å². The van der Waals surface area contributed by atoms with Crippen molar-refractivity contribution in [3.05, 3.63) is 377 Å². The fourth-order valence-electron chi connectivity index (χ4n) is 18.0. The summed E-state index contributed by atoms with van der Waals surface area (Å²) >= 11 is 0. The Hall–Kier alpha value is -13.9. The van der Waals surface area contributed by atoms with Gasteiger partial charge in [-0.15, -0.1) is 0 Å². The van der Waals surface area contributed by atoms with Gasteiger partial charge in [0.25, 0.3) is 0 Å². The first-order chi connectivity index (χ1) is 52.1. The van der Waals surface area contributed by atoms with E-state index in [1.165, 1.54) is 98.8 Å². The molecule has 14 aromatic carbocycles. The molecule has 20 aromatic rings. The predicted molar refractivity (Wildman–Crippen MR) is 433 cm³/mol. The molecule has 0 bridgehead atoms.